The lowest BCUT2D eigenvalue weighted by atomic mass is 10.2. The molecule has 2 aromatic rings. The van der Waals surface area contributed by atoms with Crippen molar-refractivity contribution in [1.29, 1.82) is 0 Å². The number of rotatable bonds is 8. The van der Waals surface area contributed by atoms with Gasteiger partial charge in [-0.05, 0) is 48.6 Å². The molecule has 0 fully saturated rings. The first-order valence-electron chi connectivity index (χ1n) is 7.19. The van der Waals surface area contributed by atoms with E-state index in [0.29, 0.717) is 6.04 Å². The van der Waals surface area contributed by atoms with Crippen molar-refractivity contribution in [2.75, 3.05) is 11.5 Å². The minimum absolute atomic E-state index is 0.569. The van der Waals surface area contributed by atoms with Crippen LogP contribution in [0.4, 0.5) is 0 Å². The lowest BCUT2D eigenvalue weighted by molar-refractivity contribution is 0.537. The number of nitrogens with zero attached hydrogens (tertiary/aromatic N) is 2. The zero-order valence-electron chi connectivity index (χ0n) is 12.2. The van der Waals surface area contributed by atoms with Crippen LogP contribution in [-0.4, -0.2) is 27.3 Å². The zero-order valence-corrected chi connectivity index (χ0v) is 13.1. The molecule has 1 aromatic heterocycles. The van der Waals surface area contributed by atoms with Crippen molar-refractivity contribution in [3.8, 4) is 5.69 Å². The molecule has 0 radical (unpaired) electrons. The summed E-state index contributed by atoms with van der Waals surface area (Å²) in [5, 5.41) is 7.81. The molecule has 1 atom stereocenters. The van der Waals surface area contributed by atoms with E-state index in [-0.39, 0.29) is 0 Å². The van der Waals surface area contributed by atoms with E-state index in [0.717, 1.165) is 12.2 Å². The van der Waals surface area contributed by atoms with Crippen molar-refractivity contribution in [2.24, 2.45) is 0 Å². The molecule has 0 amide bonds. The summed E-state index contributed by atoms with van der Waals surface area (Å²) in [4.78, 5) is 0. The van der Waals surface area contributed by atoms with Crippen LogP contribution in [0, 0.1) is 0 Å². The second-order valence-electron chi connectivity index (χ2n) is 4.88. The Hall–Kier alpha value is -1.26. The minimum Gasteiger partial charge on any atom is -0.310 e. The number of thioether (sulfide) groups is 1. The van der Waals surface area contributed by atoms with E-state index in [1.165, 1.54) is 23.5 Å². The summed E-state index contributed by atoms with van der Waals surface area (Å²) < 4.78 is 1.88. The Morgan fingerprint density at radius 2 is 2.10 bits per heavy atom. The summed E-state index contributed by atoms with van der Waals surface area (Å²) in [6, 6.07) is 11.1. The summed E-state index contributed by atoms with van der Waals surface area (Å²) >= 11 is 2.01. The highest BCUT2D eigenvalue weighted by molar-refractivity contribution is 7.99. The summed E-state index contributed by atoms with van der Waals surface area (Å²) in [5.41, 5.74) is 2.42. The number of benzene rings is 1. The van der Waals surface area contributed by atoms with Crippen LogP contribution >= 0.6 is 11.8 Å². The molecule has 20 heavy (non-hydrogen) atoms. The third kappa shape index (κ3) is 4.69. The van der Waals surface area contributed by atoms with Crippen LogP contribution in [0.15, 0.2) is 42.7 Å². The van der Waals surface area contributed by atoms with Crippen LogP contribution in [0.2, 0.25) is 0 Å². The van der Waals surface area contributed by atoms with Gasteiger partial charge in [0.1, 0.15) is 0 Å². The maximum atomic E-state index is 4.23. The van der Waals surface area contributed by atoms with Crippen molar-refractivity contribution < 1.29 is 0 Å². The van der Waals surface area contributed by atoms with Gasteiger partial charge in [0.25, 0.3) is 0 Å². The lowest BCUT2D eigenvalue weighted by Gasteiger charge is -2.13. The van der Waals surface area contributed by atoms with E-state index >= 15 is 0 Å². The summed E-state index contributed by atoms with van der Waals surface area (Å²) in [7, 11) is 0. The predicted octanol–water partition coefficient (Wildman–Crippen LogP) is 3.49. The van der Waals surface area contributed by atoms with Crippen LogP contribution < -0.4 is 5.32 Å². The molecule has 3 nitrogen and oxygen atoms in total. The van der Waals surface area contributed by atoms with Gasteiger partial charge in [0.2, 0.25) is 0 Å². The van der Waals surface area contributed by atoms with Gasteiger partial charge in [-0.2, -0.15) is 16.9 Å². The summed E-state index contributed by atoms with van der Waals surface area (Å²) in [5.74, 6) is 2.45. The smallest absolute Gasteiger partial charge is 0.0645 e. The number of hydrogen-bond donors (Lipinski definition) is 1. The molecule has 0 aliphatic heterocycles. The van der Waals surface area contributed by atoms with Gasteiger partial charge in [-0.15, -0.1) is 0 Å². The summed E-state index contributed by atoms with van der Waals surface area (Å²) in [6.07, 6.45) is 4.98. The van der Waals surface area contributed by atoms with Crippen LogP contribution in [0.25, 0.3) is 5.69 Å². The quantitative estimate of drug-likeness (QED) is 0.754. The van der Waals surface area contributed by atoms with Gasteiger partial charge in [0.15, 0.2) is 0 Å². The van der Waals surface area contributed by atoms with Crippen LogP contribution in [0.1, 0.15) is 25.8 Å². The molecular weight excluding hydrogens is 266 g/mol. The number of aromatic nitrogens is 2. The van der Waals surface area contributed by atoms with E-state index in [4.69, 9.17) is 0 Å². The average molecular weight is 289 g/mol. The molecule has 1 aromatic carbocycles. The molecule has 0 saturated heterocycles. The fourth-order valence-electron chi connectivity index (χ4n) is 1.99. The van der Waals surface area contributed by atoms with Crippen molar-refractivity contribution in [3.63, 3.8) is 0 Å². The van der Waals surface area contributed by atoms with Crippen molar-refractivity contribution in [2.45, 2.75) is 32.9 Å². The van der Waals surface area contributed by atoms with Gasteiger partial charge in [0, 0.05) is 25.0 Å². The molecule has 1 heterocycles. The van der Waals surface area contributed by atoms with E-state index in [1.807, 2.05) is 28.7 Å². The number of nitrogens with one attached hydrogen (secondary N) is 1. The normalized spacial score (nSPS) is 12.5. The van der Waals surface area contributed by atoms with E-state index in [9.17, 15) is 0 Å². The fraction of sp³-hybridized carbons (Fsp3) is 0.438. The topological polar surface area (TPSA) is 29.9 Å². The standard InChI is InChI=1S/C16H23N3S/c1-3-20-12-9-14(2)17-13-15-5-7-16(8-6-15)19-11-4-10-18-19/h4-8,10-11,14,17H,3,9,12-13H2,1-2H3. The highest BCUT2D eigenvalue weighted by atomic mass is 32.2. The molecular formula is C16H23N3S. The van der Waals surface area contributed by atoms with Crippen LogP contribution in [0.5, 0.6) is 0 Å². The third-order valence-corrected chi connectivity index (χ3v) is 4.19. The van der Waals surface area contributed by atoms with Crippen molar-refractivity contribution in [1.82, 2.24) is 15.1 Å². The van der Waals surface area contributed by atoms with E-state index in [2.05, 4.69) is 48.5 Å². The minimum atomic E-state index is 0.569. The lowest BCUT2D eigenvalue weighted by Crippen LogP contribution is -2.26. The molecule has 2 rings (SSSR count). The Morgan fingerprint density at radius 3 is 2.75 bits per heavy atom. The van der Waals surface area contributed by atoms with Gasteiger partial charge < -0.3 is 5.32 Å². The Bertz CT molecular complexity index is 479. The third-order valence-electron chi connectivity index (χ3n) is 3.26. The maximum absolute atomic E-state index is 4.23. The van der Waals surface area contributed by atoms with Gasteiger partial charge in [-0.3, -0.25) is 0 Å². The Morgan fingerprint density at radius 1 is 1.30 bits per heavy atom. The molecule has 4 heteroatoms. The first kappa shape index (κ1) is 15.1. The van der Waals surface area contributed by atoms with Crippen LogP contribution in [-0.2, 0) is 6.54 Å². The largest absolute Gasteiger partial charge is 0.310 e. The SMILES string of the molecule is CCSCCC(C)NCc1ccc(-n2cccn2)cc1. The molecule has 0 aliphatic rings. The van der Waals surface area contributed by atoms with Gasteiger partial charge >= 0.3 is 0 Å². The maximum Gasteiger partial charge on any atom is 0.0645 e. The highest BCUT2D eigenvalue weighted by Crippen LogP contribution is 2.09. The van der Waals surface area contributed by atoms with Crippen molar-refractivity contribution in [3.05, 3.63) is 48.3 Å². The van der Waals surface area contributed by atoms with E-state index < -0.39 is 0 Å². The first-order chi connectivity index (χ1) is 9.79. The second-order valence-corrected chi connectivity index (χ2v) is 6.28. The number of hydrogen-bond acceptors (Lipinski definition) is 3. The Labute approximate surface area is 125 Å². The Kier molecular flexibility index (Phi) is 6.15. The van der Waals surface area contributed by atoms with Gasteiger partial charge in [0.05, 0.1) is 5.69 Å². The monoisotopic (exact) mass is 289 g/mol. The van der Waals surface area contributed by atoms with Gasteiger partial charge in [-0.1, -0.05) is 19.1 Å². The van der Waals surface area contributed by atoms with Crippen LogP contribution in [0.3, 0.4) is 0 Å². The molecule has 0 saturated carbocycles. The summed E-state index contributed by atoms with van der Waals surface area (Å²) in [6.45, 7) is 5.40. The fourth-order valence-corrected chi connectivity index (χ4v) is 2.80. The highest BCUT2D eigenvalue weighted by Gasteiger charge is 2.02. The zero-order chi connectivity index (χ0) is 14.2. The Balaban J connectivity index is 1.79. The van der Waals surface area contributed by atoms with Gasteiger partial charge in [-0.25, -0.2) is 4.68 Å². The molecule has 0 bridgehead atoms. The first-order valence-corrected chi connectivity index (χ1v) is 8.35. The molecule has 0 aliphatic carbocycles. The molecule has 1 unspecified atom stereocenters. The molecule has 1 N–H and O–H groups in total. The average Bonchev–Trinajstić information content (AvgIpc) is 3.00. The molecule has 108 valence electrons. The van der Waals surface area contributed by atoms with Crippen molar-refractivity contribution >= 4 is 11.8 Å². The molecule has 0 spiro atoms. The van der Waals surface area contributed by atoms with E-state index in [1.54, 1.807) is 6.20 Å². The predicted molar refractivity (Wildman–Crippen MR) is 87.5 cm³/mol. The second kappa shape index (κ2) is 8.12.